The Bertz CT molecular complexity index is 2110. The number of hydrogen-bond acceptors (Lipinski definition) is 10. The lowest BCUT2D eigenvalue weighted by molar-refractivity contribution is -0.136. The molecule has 4 N–H and O–H groups in total. The zero-order chi connectivity index (χ0) is 40.5. The molecule has 0 radical (unpaired) electrons. The fraction of sp³-hybridized carbons (Fsp3) is 0.561. The van der Waals surface area contributed by atoms with Crippen LogP contribution < -0.4 is 20.4 Å². The maximum Gasteiger partial charge on any atom is 0.407 e. The molecule has 0 aliphatic carbocycles. The number of amides is 4. The third-order valence-electron chi connectivity index (χ3n) is 11.8. The van der Waals surface area contributed by atoms with E-state index in [0.717, 1.165) is 90.4 Å². The zero-order valence-electron chi connectivity index (χ0n) is 34.0. The van der Waals surface area contributed by atoms with Crippen LogP contribution in [0.15, 0.2) is 36.4 Å². The fourth-order valence-electron chi connectivity index (χ4n) is 8.69. The molecule has 5 atom stereocenters. The van der Waals surface area contributed by atoms with Crippen LogP contribution in [0.1, 0.15) is 84.0 Å². The fourth-order valence-corrected chi connectivity index (χ4v) is 8.69. The number of likely N-dealkylation sites (tertiary alicyclic amines) is 2. The largest absolute Gasteiger partial charge is 0.453 e. The van der Waals surface area contributed by atoms with E-state index in [4.69, 9.17) is 19.4 Å². The van der Waals surface area contributed by atoms with Gasteiger partial charge in [0.2, 0.25) is 11.8 Å². The Kier molecular flexibility index (Phi) is 11.5. The van der Waals surface area contributed by atoms with Gasteiger partial charge in [-0.3, -0.25) is 9.59 Å². The minimum Gasteiger partial charge on any atom is -0.453 e. The first-order valence-electron chi connectivity index (χ1n) is 20.2. The molecule has 0 bridgehead atoms. The van der Waals surface area contributed by atoms with Crippen LogP contribution >= 0.6 is 0 Å². The molecule has 306 valence electrons. The number of carbonyl (C=O) groups excluding carboxylic acids is 4. The Labute approximate surface area is 333 Å². The molecule has 7 rings (SSSR count). The van der Waals surface area contributed by atoms with E-state index in [9.17, 15) is 19.2 Å². The number of nitrogens with zero attached hydrogens (tertiary/aromatic N) is 6. The molecule has 16 heteroatoms. The lowest BCUT2D eigenvalue weighted by atomic mass is 10.0. The molecule has 4 amide bonds. The van der Waals surface area contributed by atoms with Crippen molar-refractivity contribution in [2.75, 3.05) is 56.7 Å². The first kappa shape index (κ1) is 39.7. The van der Waals surface area contributed by atoms with E-state index >= 15 is 0 Å². The molecule has 2 aromatic carbocycles. The number of anilines is 2. The van der Waals surface area contributed by atoms with Gasteiger partial charge in [0.25, 0.3) is 0 Å². The summed E-state index contributed by atoms with van der Waals surface area (Å²) < 4.78 is 9.57. The normalized spacial score (nSPS) is 21.1. The Balaban J connectivity index is 1.02. The third-order valence-corrected chi connectivity index (χ3v) is 11.8. The van der Waals surface area contributed by atoms with Crippen LogP contribution in [0.3, 0.4) is 0 Å². The van der Waals surface area contributed by atoms with Crippen LogP contribution in [0.2, 0.25) is 0 Å². The summed E-state index contributed by atoms with van der Waals surface area (Å²) in [6, 6.07) is 11.1. The highest BCUT2D eigenvalue weighted by Gasteiger charge is 2.39. The quantitative estimate of drug-likeness (QED) is 0.166. The van der Waals surface area contributed by atoms with Crippen LogP contribution in [0.25, 0.3) is 22.1 Å². The number of nitrogens with one attached hydrogen (secondary N) is 4. The summed E-state index contributed by atoms with van der Waals surface area (Å²) in [5.74, 6) is 1.05. The van der Waals surface area contributed by atoms with Gasteiger partial charge in [-0.1, -0.05) is 27.7 Å². The number of aromatic nitrogens is 4. The van der Waals surface area contributed by atoms with E-state index in [0.29, 0.717) is 13.1 Å². The molecule has 3 fully saturated rings. The number of ether oxygens (including phenoxy) is 2. The molecule has 16 nitrogen and oxygen atoms in total. The summed E-state index contributed by atoms with van der Waals surface area (Å²) in [5, 5.41) is 5.43. The lowest BCUT2D eigenvalue weighted by Crippen LogP contribution is -2.52. The van der Waals surface area contributed by atoms with Gasteiger partial charge in [0, 0.05) is 50.1 Å². The van der Waals surface area contributed by atoms with Crippen molar-refractivity contribution in [1.29, 1.82) is 0 Å². The maximum atomic E-state index is 13.7. The van der Waals surface area contributed by atoms with Gasteiger partial charge in [0.15, 0.2) is 0 Å². The number of piperazine rings is 1. The predicted octanol–water partition coefficient (Wildman–Crippen LogP) is 5.24. The number of rotatable bonds is 10. The van der Waals surface area contributed by atoms with Crippen LogP contribution in [0.4, 0.5) is 21.0 Å². The van der Waals surface area contributed by atoms with E-state index < -0.39 is 24.3 Å². The van der Waals surface area contributed by atoms with Crippen molar-refractivity contribution in [1.82, 2.24) is 40.4 Å². The van der Waals surface area contributed by atoms with E-state index in [2.05, 4.69) is 61.6 Å². The van der Waals surface area contributed by atoms with Gasteiger partial charge in [-0.25, -0.2) is 19.6 Å². The second kappa shape index (κ2) is 16.5. The Morgan fingerprint density at radius 2 is 1.18 bits per heavy atom. The molecule has 0 saturated carbocycles. The minimum atomic E-state index is -0.685. The number of hydrogen-bond donors (Lipinski definition) is 4. The first-order valence-corrected chi connectivity index (χ1v) is 20.2. The number of fused-ring (bicyclic) bond motifs is 2. The second-order valence-electron chi connectivity index (χ2n) is 16.2. The van der Waals surface area contributed by atoms with Crippen molar-refractivity contribution in [3.63, 3.8) is 0 Å². The molecule has 57 heavy (non-hydrogen) atoms. The number of aromatic amines is 2. The Hall–Kier alpha value is -5.54. The van der Waals surface area contributed by atoms with Gasteiger partial charge in [0.1, 0.15) is 23.7 Å². The average molecular weight is 785 g/mol. The van der Waals surface area contributed by atoms with E-state index in [1.807, 2.05) is 49.6 Å². The number of methoxy groups -OCH3 is 2. The first-order chi connectivity index (χ1) is 27.4. The molecule has 0 spiro atoms. The second-order valence-corrected chi connectivity index (χ2v) is 16.2. The van der Waals surface area contributed by atoms with E-state index in [1.165, 1.54) is 14.2 Å². The molecule has 5 heterocycles. The number of carbonyl (C=O) groups is 4. The summed E-state index contributed by atoms with van der Waals surface area (Å²) in [7, 11) is 2.60. The number of H-pyrrole nitrogens is 2. The maximum absolute atomic E-state index is 13.7. The van der Waals surface area contributed by atoms with Crippen molar-refractivity contribution in [3.8, 4) is 0 Å². The summed E-state index contributed by atoms with van der Waals surface area (Å²) in [5.41, 5.74) is 5.76. The van der Waals surface area contributed by atoms with Crippen molar-refractivity contribution < 1.29 is 28.7 Å². The molecule has 3 saturated heterocycles. The zero-order valence-corrected chi connectivity index (χ0v) is 34.0. The minimum absolute atomic E-state index is 0.102. The van der Waals surface area contributed by atoms with Crippen LogP contribution in [0, 0.1) is 11.8 Å². The van der Waals surface area contributed by atoms with Crippen LogP contribution in [0.5, 0.6) is 0 Å². The van der Waals surface area contributed by atoms with Gasteiger partial charge < -0.3 is 49.7 Å². The molecule has 3 aliphatic heterocycles. The van der Waals surface area contributed by atoms with Gasteiger partial charge in [-0.2, -0.15) is 0 Å². The lowest BCUT2D eigenvalue weighted by Gasteiger charge is -2.42. The third kappa shape index (κ3) is 8.03. The monoisotopic (exact) mass is 784 g/mol. The predicted molar refractivity (Wildman–Crippen MR) is 217 cm³/mol. The van der Waals surface area contributed by atoms with Crippen molar-refractivity contribution in [2.24, 2.45) is 11.8 Å². The summed E-state index contributed by atoms with van der Waals surface area (Å²) >= 11 is 0. The smallest absolute Gasteiger partial charge is 0.407 e. The van der Waals surface area contributed by atoms with Gasteiger partial charge >= 0.3 is 12.2 Å². The van der Waals surface area contributed by atoms with Gasteiger partial charge in [0.05, 0.1) is 48.4 Å². The van der Waals surface area contributed by atoms with E-state index in [1.54, 1.807) is 0 Å². The van der Waals surface area contributed by atoms with Crippen molar-refractivity contribution in [3.05, 3.63) is 48.0 Å². The number of imidazole rings is 2. The standard InChI is InChI=1S/C41H56N10O6/c1-23(2)34(46-40(54)56-6)38(52)50-16-8-10-32(50)36-42-28-14-12-26(20-30(28)44-36)48-18-19-49(25(5)22-48)27-13-15-29-31(21-27)45-37(43-29)33-11-9-17-51(33)39(53)35(24(3)4)47-41(55)57-7/h12-15,20-21,23-25,32-35H,8-11,16-19,22H2,1-7H3,(H,42,44)(H,43,45)(H,46,54)(H,47,55)/t25-,32+,33+,34+,35+/m1/s1. The molecular weight excluding hydrogens is 729 g/mol. The summed E-state index contributed by atoms with van der Waals surface area (Å²) in [4.78, 5) is 76.7. The number of benzene rings is 2. The molecule has 4 aromatic rings. The highest BCUT2D eigenvalue weighted by molar-refractivity contribution is 5.88. The van der Waals surface area contributed by atoms with Crippen LogP contribution in [-0.2, 0) is 19.1 Å². The highest BCUT2D eigenvalue weighted by atomic mass is 16.5. The average Bonchev–Trinajstić information content (AvgIpc) is 4.03. The molecule has 3 aliphatic rings. The summed E-state index contributed by atoms with van der Waals surface area (Å²) in [6.45, 7) is 13.6. The Morgan fingerprint density at radius 3 is 1.63 bits per heavy atom. The molecular formula is C41H56N10O6. The van der Waals surface area contributed by atoms with Crippen LogP contribution in [-0.4, -0.2) is 119 Å². The van der Waals surface area contributed by atoms with Gasteiger partial charge in [-0.15, -0.1) is 0 Å². The highest BCUT2D eigenvalue weighted by Crippen LogP contribution is 2.36. The van der Waals surface area contributed by atoms with Crippen molar-refractivity contribution >= 4 is 57.4 Å². The topological polar surface area (TPSA) is 181 Å². The summed E-state index contributed by atoms with van der Waals surface area (Å²) in [6.07, 6.45) is 2.06. The Morgan fingerprint density at radius 1 is 0.702 bits per heavy atom. The molecule has 0 unspecified atom stereocenters. The van der Waals surface area contributed by atoms with E-state index in [-0.39, 0.29) is 41.8 Å². The number of alkyl carbamates (subject to hydrolysis) is 2. The van der Waals surface area contributed by atoms with Crippen molar-refractivity contribution in [2.45, 2.75) is 90.5 Å². The van der Waals surface area contributed by atoms with Gasteiger partial charge in [-0.05, 0) is 80.8 Å². The SMILES string of the molecule is COC(=O)N[C@H](C(=O)N1CCC[C@H]1c1nc2ccc(N3CCN(c4ccc5nc([C@@H]6CCCN6C(=O)[C@@H](NC(=O)OC)C(C)C)[nH]c5c4)[C@H](C)C3)cc2[nH]1)C(C)C. The molecule has 2 aromatic heterocycles.